The van der Waals surface area contributed by atoms with Crippen LogP contribution in [0.5, 0.6) is 5.75 Å². The summed E-state index contributed by atoms with van der Waals surface area (Å²) in [4.78, 5) is 37.7. The number of rotatable bonds is 15. The molecule has 0 aliphatic rings. The number of amides is 2. The Morgan fingerprint density at radius 2 is 1.91 bits per heavy atom. The van der Waals surface area contributed by atoms with Crippen LogP contribution in [0.4, 0.5) is 20.3 Å². The van der Waals surface area contributed by atoms with E-state index in [0.717, 1.165) is 5.56 Å². The van der Waals surface area contributed by atoms with E-state index in [1.807, 2.05) is 13.0 Å². The number of aromatic nitrogens is 3. The van der Waals surface area contributed by atoms with Crippen LogP contribution >= 0.6 is 0 Å². The molecule has 14 nitrogen and oxygen atoms in total. The molecule has 0 fully saturated rings. The molecule has 0 saturated heterocycles. The lowest BCUT2D eigenvalue weighted by Gasteiger charge is -2.14. The predicted molar refractivity (Wildman–Crippen MR) is 172 cm³/mol. The first kappa shape index (κ1) is 34.1. The molecule has 246 valence electrons. The number of carbonyl (C=O) groups is 2. The van der Waals surface area contributed by atoms with Crippen molar-refractivity contribution in [1.82, 2.24) is 25.0 Å². The molecule has 0 aliphatic carbocycles. The van der Waals surface area contributed by atoms with E-state index in [1.165, 1.54) is 24.5 Å². The van der Waals surface area contributed by atoms with E-state index in [-0.39, 0.29) is 47.9 Å². The molecule has 0 bridgehead atoms. The Kier molecular flexibility index (Phi) is 11.6. The lowest BCUT2D eigenvalue weighted by Crippen LogP contribution is -2.43. The number of nitrogens with two attached hydrogens (primary N) is 3. The molecule has 0 saturated carbocycles. The lowest BCUT2D eigenvalue weighted by molar-refractivity contribution is -0.122. The van der Waals surface area contributed by atoms with Crippen LogP contribution in [0.15, 0.2) is 53.9 Å². The third-order valence-electron chi connectivity index (χ3n) is 7.05. The molecule has 4 aromatic rings. The number of guanidine groups is 1. The molecule has 0 unspecified atom stereocenters. The number of aryl methyl sites for hydroxylation is 1. The minimum absolute atomic E-state index is 0.0165. The van der Waals surface area contributed by atoms with Crippen LogP contribution in [-0.2, 0) is 11.2 Å². The van der Waals surface area contributed by atoms with Gasteiger partial charge < -0.3 is 37.9 Å². The van der Waals surface area contributed by atoms with Gasteiger partial charge in [-0.3, -0.25) is 19.0 Å². The second-order valence-electron chi connectivity index (χ2n) is 10.3. The van der Waals surface area contributed by atoms with Crippen molar-refractivity contribution in [3.63, 3.8) is 0 Å². The maximum Gasteiger partial charge on any atom is 0.251 e. The molecule has 2 amide bonds. The quantitative estimate of drug-likeness (QED) is 0.0626. The number of imidazole rings is 1. The van der Waals surface area contributed by atoms with E-state index >= 15 is 0 Å². The first-order valence-corrected chi connectivity index (χ1v) is 14.7. The van der Waals surface area contributed by atoms with Gasteiger partial charge >= 0.3 is 0 Å². The molecule has 2 aromatic heterocycles. The molecule has 0 aliphatic heterocycles. The number of nitriles is 1. The SMILES string of the molecule is CCc1cc(Nc2nccn3c(-c4ccc(OCC#N)c(F)c4F)cnc23)ccc1C(=O)NCCNC(=O)[C@H](N)CCCN=C(N)N. The molecule has 0 spiro atoms. The Bertz CT molecular complexity index is 1820. The highest BCUT2D eigenvalue weighted by molar-refractivity contribution is 5.96. The highest BCUT2D eigenvalue weighted by atomic mass is 19.2. The van der Waals surface area contributed by atoms with Crippen LogP contribution in [0, 0.1) is 23.0 Å². The second-order valence-corrected chi connectivity index (χ2v) is 10.3. The number of hydrogen-bond donors (Lipinski definition) is 6. The number of hydrogen-bond acceptors (Lipinski definition) is 9. The summed E-state index contributed by atoms with van der Waals surface area (Å²) in [7, 11) is 0. The van der Waals surface area contributed by atoms with Gasteiger partial charge in [0.2, 0.25) is 11.7 Å². The third kappa shape index (κ3) is 8.47. The highest BCUT2D eigenvalue weighted by Gasteiger charge is 2.20. The number of ether oxygens (including phenoxy) is 1. The molecular weight excluding hydrogens is 612 g/mol. The van der Waals surface area contributed by atoms with Crippen molar-refractivity contribution in [2.45, 2.75) is 32.2 Å². The number of aliphatic imine (C=N–C) groups is 1. The average Bonchev–Trinajstić information content (AvgIpc) is 3.50. The number of anilines is 2. The van der Waals surface area contributed by atoms with Gasteiger partial charge in [0.1, 0.15) is 6.07 Å². The van der Waals surface area contributed by atoms with Gasteiger partial charge in [0.05, 0.1) is 17.9 Å². The molecule has 47 heavy (non-hydrogen) atoms. The summed E-state index contributed by atoms with van der Waals surface area (Å²) < 4.78 is 36.1. The summed E-state index contributed by atoms with van der Waals surface area (Å²) in [6, 6.07) is 8.79. The first-order valence-electron chi connectivity index (χ1n) is 14.7. The third-order valence-corrected chi connectivity index (χ3v) is 7.05. The zero-order valence-electron chi connectivity index (χ0n) is 25.6. The van der Waals surface area contributed by atoms with Crippen molar-refractivity contribution in [3.05, 3.63) is 71.7 Å². The monoisotopic (exact) mass is 647 g/mol. The van der Waals surface area contributed by atoms with Crippen molar-refractivity contribution < 1.29 is 23.1 Å². The fourth-order valence-electron chi connectivity index (χ4n) is 4.72. The summed E-state index contributed by atoms with van der Waals surface area (Å²) in [5.74, 6) is -3.03. The van der Waals surface area contributed by atoms with Crippen LogP contribution in [-0.4, -0.2) is 64.4 Å². The number of fused-ring (bicyclic) bond motifs is 1. The van der Waals surface area contributed by atoms with E-state index in [9.17, 15) is 18.4 Å². The van der Waals surface area contributed by atoms with E-state index in [1.54, 1.807) is 28.8 Å². The van der Waals surface area contributed by atoms with Gasteiger partial charge in [-0.25, -0.2) is 14.4 Å². The van der Waals surface area contributed by atoms with Crippen LogP contribution in [0.3, 0.4) is 0 Å². The minimum atomic E-state index is -1.21. The van der Waals surface area contributed by atoms with E-state index in [2.05, 4.69) is 30.9 Å². The van der Waals surface area contributed by atoms with E-state index in [0.29, 0.717) is 48.5 Å². The zero-order valence-corrected chi connectivity index (χ0v) is 25.6. The number of halogens is 2. The summed E-state index contributed by atoms with van der Waals surface area (Å²) in [5.41, 5.74) is 18.9. The fourth-order valence-corrected chi connectivity index (χ4v) is 4.72. The van der Waals surface area contributed by atoms with Crippen LogP contribution in [0.25, 0.3) is 16.9 Å². The molecule has 9 N–H and O–H groups in total. The van der Waals surface area contributed by atoms with Gasteiger partial charge in [-0.05, 0) is 55.2 Å². The van der Waals surface area contributed by atoms with Crippen molar-refractivity contribution in [1.29, 1.82) is 5.26 Å². The van der Waals surface area contributed by atoms with Crippen LogP contribution < -0.4 is 37.9 Å². The Labute approximate surface area is 269 Å². The smallest absolute Gasteiger partial charge is 0.251 e. The zero-order chi connectivity index (χ0) is 33.9. The number of benzene rings is 2. The highest BCUT2D eigenvalue weighted by Crippen LogP contribution is 2.32. The van der Waals surface area contributed by atoms with Gasteiger partial charge in [0.15, 0.2) is 35.6 Å². The molecule has 2 aromatic carbocycles. The predicted octanol–water partition coefficient (Wildman–Crippen LogP) is 2.11. The Hall–Kier alpha value is -5.82. The Morgan fingerprint density at radius 3 is 2.66 bits per heavy atom. The molecule has 4 rings (SSSR count). The molecular formula is C31H35F2N11O3. The summed E-state index contributed by atoms with van der Waals surface area (Å²) >= 11 is 0. The van der Waals surface area contributed by atoms with Crippen LogP contribution in [0.1, 0.15) is 35.7 Å². The largest absolute Gasteiger partial charge is 0.476 e. The van der Waals surface area contributed by atoms with Crippen molar-refractivity contribution in [2.24, 2.45) is 22.2 Å². The first-order chi connectivity index (χ1) is 22.6. The van der Waals surface area contributed by atoms with Gasteiger partial charge in [0, 0.05) is 48.8 Å². The standard InChI is InChI=1S/C31H35F2N11O3/c1-2-18-16-19(5-6-20(18)29(45)39-11-12-40-30(46)22(35)4-3-10-41-31(36)37)43-27-28-42-17-23(44(28)14-13-38-27)21-7-8-24(47-15-9-34)26(33)25(21)32/h5-8,13-14,16-17,22H,2-4,10-12,15,35H2,1H3,(H,38,43)(H,39,45)(H,40,46)(H4,36,37,41)/t22-/m1/s1. The Balaban J connectivity index is 1.39. The van der Waals surface area contributed by atoms with Gasteiger partial charge in [-0.1, -0.05) is 6.92 Å². The normalized spacial score (nSPS) is 11.4. The minimum Gasteiger partial charge on any atom is -0.476 e. The molecule has 16 heteroatoms. The number of carbonyl (C=O) groups excluding carboxylic acids is 2. The van der Waals surface area contributed by atoms with Gasteiger partial charge in [-0.15, -0.1) is 0 Å². The number of nitrogens with one attached hydrogen (secondary N) is 3. The lowest BCUT2D eigenvalue weighted by atomic mass is 10.0. The average molecular weight is 648 g/mol. The van der Waals surface area contributed by atoms with Crippen molar-refractivity contribution in [2.75, 3.05) is 31.6 Å². The fraction of sp³-hybridized carbons (Fsp3) is 0.290. The van der Waals surface area contributed by atoms with Gasteiger partial charge in [-0.2, -0.15) is 9.65 Å². The topological polar surface area (TPSA) is 224 Å². The summed E-state index contributed by atoms with van der Waals surface area (Å²) in [6.07, 6.45) is 5.96. The molecule has 0 radical (unpaired) electrons. The van der Waals surface area contributed by atoms with Crippen molar-refractivity contribution >= 4 is 34.9 Å². The van der Waals surface area contributed by atoms with Gasteiger partial charge in [0.25, 0.3) is 5.91 Å². The second kappa shape index (κ2) is 16.0. The molecule has 1 atom stereocenters. The Morgan fingerprint density at radius 1 is 1.13 bits per heavy atom. The maximum absolute atomic E-state index is 15.0. The molecule has 2 heterocycles. The number of nitrogens with zero attached hydrogens (tertiary/aromatic N) is 5. The summed E-state index contributed by atoms with van der Waals surface area (Å²) in [5, 5.41) is 17.3. The van der Waals surface area contributed by atoms with E-state index in [4.69, 9.17) is 27.2 Å². The van der Waals surface area contributed by atoms with Crippen molar-refractivity contribution in [3.8, 4) is 23.1 Å². The maximum atomic E-state index is 15.0. The summed E-state index contributed by atoms with van der Waals surface area (Å²) in [6.45, 7) is 2.27. The van der Waals surface area contributed by atoms with Crippen LogP contribution in [0.2, 0.25) is 0 Å². The van der Waals surface area contributed by atoms with E-state index < -0.39 is 24.3 Å².